The zero-order valence-corrected chi connectivity index (χ0v) is 13.9. The van der Waals surface area contributed by atoms with Crippen LogP contribution in [-0.4, -0.2) is 30.4 Å². The van der Waals surface area contributed by atoms with Gasteiger partial charge in [-0.05, 0) is 55.6 Å². The Hall–Kier alpha value is -2.33. The van der Waals surface area contributed by atoms with Crippen molar-refractivity contribution in [1.29, 1.82) is 0 Å². The van der Waals surface area contributed by atoms with Gasteiger partial charge >= 0.3 is 0 Å². The fourth-order valence-corrected chi connectivity index (χ4v) is 3.21. The maximum Gasteiger partial charge on any atom is 0.251 e. The Morgan fingerprint density at radius 3 is 2.54 bits per heavy atom. The molecule has 1 fully saturated rings. The van der Waals surface area contributed by atoms with Crippen molar-refractivity contribution in [1.82, 2.24) is 10.2 Å². The van der Waals surface area contributed by atoms with Crippen LogP contribution in [0.1, 0.15) is 28.8 Å². The van der Waals surface area contributed by atoms with E-state index in [1.807, 2.05) is 6.07 Å². The smallest absolute Gasteiger partial charge is 0.251 e. The minimum Gasteiger partial charge on any atom is -0.399 e. The Morgan fingerprint density at radius 2 is 1.83 bits per heavy atom. The number of hydrogen-bond donors (Lipinski definition) is 2. The maximum atomic E-state index is 12.2. The molecule has 0 saturated carbocycles. The number of nitrogen functional groups attached to an aromatic ring is 1. The van der Waals surface area contributed by atoms with Gasteiger partial charge in [0.05, 0.1) is 0 Å². The monoisotopic (exact) mass is 323 g/mol. The van der Waals surface area contributed by atoms with Crippen LogP contribution < -0.4 is 11.1 Å². The first-order chi connectivity index (χ1) is 11.7. The van der Waals surface area contributed by atoms with Gasteiger partial charge < -0.3 is 11.1 Å². The highest BCUT2D eigenvalue weighted by Gasteiger charge is 2.20. The number of nitrogens with zero attached hydrogens (tertiary/aromatic N) is 1. The molecule has 0 radical (unpaired) electrons. The molecule has 24 heavy (non-hydrogen) atoms. The molecule has 3 rings (SSSR count). The fraction of sp³-hybridized carbons (Fsp3) is 0.350. The van der Waals surface area contributed by atoms with E-state index in [0.717, 1.165) is 39.0 Å². The lowest BCUT2D eigenvalue weighted by Crippen LogP contribution is -2.38. The highest BCUT2D eigenvalue weighted by molar-refractivity contribution is 5.94. The second-order valence-electron chi connectivity index (χ2n) is 6.54. The molecule has 4 heteroatoms. The van der Waals surface area contributed by atoms with Gasteiger partial charge in [-0.1, -0.05) is 36.4 Å². The van der Waals surface area contributed by atoms with Crippen molar-refractivity contribution in [3.05, 3.63) is 65.7 Å². The summed E-state index contributed by atoms with van der Waals surface area (Å²) in [4.78, 5) is 14.7. The average molecular weight is 323 g/mol. The maximum absolute atomic E-state index is 12.2. The molecule has 1 heterocycles. The normalized spacial score (nSPS) is 16.0. The van der Waals surface area contributed by atoms with E-state index in [4.69, 9.17) is 5.73 Å². The van der Waals surface area contributed by atoms with E-state index < -0.39 is 0 Å². The molecule has 1 amide bonds. The second-order valence-corrected chi connectivity index (χ2v) is 6.54. The molecule has 0 aliphatic carbocycles. The topological polar surface area (TPSA) is 58.4 Å². The molecule has 4 nitrogen and oxygen atoms in total. The zero-order chi connectivity index (χ0) is 16.8. The largest absolute Gasteiger partial charge is 0.399 e. The molecule has 1 saturated heterocycles. The summed E-state index contributed by atoms with van der Waals surface area (Å²) in [6, 6.07) is 17.7. The average Bonchev–Trinajstić information content (AvgIpc) is 2.62. The van der Waals surface area contributed by atoms with E-state index in [0.29, 0.717) is 17.2 Å². The number of carbonyl (C=O) groups is 1. The van der Waals surface area contributed by atoms with Gasteiger partial charge in [0.15, 0.2) is 0 Å². The molecule has 2 aromatic carbocycles. The Kier molecular flexibility index (Phi) is 5.49. The van der Waals surface area contributed by atoms with E-state index in [2.05, 4.69) is 40.5 Å². The molecule has 0 unspecified atom stereocenters. The van der Waals surface area contributed by atoms with Crippen molar-refractivity contribution in [3.8, 4) is 0 Å². The molecule has 1 aliphatic heterocycles. The molecule has 0 atom stereocenters. The molecule has 0 bridgehead atoms. The summed E-state index contributed by atoms with van der Waals surface area (Å²) in [7, 11) is 0. The van der Waals surface area contributed by atoms with Gasteiger partial charge in [-0.2, -0.15) is 0 Å². The van der Waals surface area contributed by atoms with Crippen molar-refractivity contribution in [3.63, 3.8) is 0 Å². The number of nitrogens with one attached hydrogen (secondary N) is 1. The van der Waals surface area contributed by atoms with Gasteiger partial charge in [0.2, 0.25) is 0 Å². The lowest BCUT2D eigenvalue weighted by Gasteiger charge is -2.32. The number of benzene rings is 2. The first-order valence-corrected chi connectivity index (χ1v) is 8.61. The van der Waals surface area contributed by atoms with Crippen molar-refractivity contribution < 1.29 is 4.79 Å². The van der Waals surface area contributed by atoms with E-state index in [-0.39, 0.29) is 5.91 Å². The second kappa shape index (κ2) is 7.97. The molecular weight excluding hydrogens is 298 g/mol. The standard InChI is InChI=1S/C20H25N3O/c21-19-8-4-7-18(13-19)20(24)22-14-16-9-11-23(12-10-16)15-17-5-2-1-3-6-17/h1-8,13,16H,9-12,14-15,21H2,(H,22,24). The number of piperidine rings is 1. The summed E-state index contributed by atoms with van der Waals surface area (Å²) < 4.78 is 0. The van der Waals surface area contributed by atoms with Crippen LogP contribution in [0.25, 0.3) is 0 Å². The highest BCUT2D eigenvalue weighted by atomic mass is 16.1. The fourth-order valence-electron chi connectivity index (χ4n) is 3.21. The Labute approximate surface area is 143 Å². The number of amides is 1. The van der Waals surface area contributed by atoms with Crippen LogP contribution in [-0.2, 0) is 6.54 Å². The Bertz CT molecular complexity index is 664. The number of anilines is 1. The number of nitrogens with two attached hydrogens (primary N) is 1. The van der Waals surface area contributed by atoms with Gasteiger partial charge in [-0.3, -0.25) is 9.69 Å². The van der Waals surface area contributed by atoms with E-state index >= 15 is 0 Å². The summed E-state index contributed by atoms with van der Waals surface area (Å²) in [5.41, 5.74) is 8.35. The minimum atomic E-state index is -0.0333. The van der Waals surface area contributed by atoms with Crippen molar-refractivity contribution >= 4 is 11.6 Å². The molecule has 3 N–H and O–H groups in total. The van der Waals surface area contributed by atoms with Crippen molar-refractivity contribution in [2.75, 3.05) is 25.4 Å². The summed E-state index contributed by atoms with van der Waals surface area (Å²) in [6.45, 7) is 3.94. The third kappa shape index (κ3) is 4.59. The summed E-state index contributed by atoms with van der Waals surface area (Å²) >= 11 is 0. The minimum absolute atomic E-state index is 0.0333. The summed E-state index contributed by atoms with van der Waals surface area (Å²) in [6.07, 6.45) is 2.26. The Balaban J connectivity index is 1.42. The number of carbonyl (C=O) groups excluding carboxylic acids is 1. The Morgan fingerprint density at radius 1 is 1.08 bits per heavy atom. The SMILES string of the molecule is Nc1cccc(C(=O)NCC2CCN(Cc3ccccc3)CC2)c1. The van der Waals surface area contributed by atoms with Crippen LogP contribution in [0.4, 0.5) is 5.69 Å². The first-order valence-electron chi connectivity index (χ1n) is 8.61. The molecule has 2 aromatic rings. The lowest BCUT2D eigenvalue weighted by molar-refractivity contribution is 0.0935. The van der Waals surface area contributed by atoms with Gasteiger partial charge in [-0.25, -0.2) is 0 Å². The third-order valence-electron chi connectivity index (χ3n) is 4.66. The summed E-state index contributed by atoms with van der Waals surface area (Å²) in [5.74, 6) is 0.524. The number of hydrogen-bond acceptors (Lipinski definition) is 3. The molecule has 0 spiro atoms. The van der Waals surface area contributed by atoms with Crippen LogP contribution in [0.3, 0.4) is 0 Å². The van der Waals surface area contributed by atoms with Crippen LogP contribution in [0.15, 0.2) is 54.6 Å². The van der Waals surface area contributed by atoms with Gasteiger partial charge in [0.1, 0.15) is 0 Å². The summed E-state index contributed by atoms with van der Waals surface area (Å²) in [5, 5.41) is 3.05. The van der Waals surface area contributed by atoms with Crippen LogP contribution in [0, 0.1) is 5.92 Å². The predicted octanol–water partition coefficient (Wildman–Crippen LogP) is 2.91. The van der Waals surface area contributed by atoms with Gasteiger partial charge in [0.25, 0.3) is 5.91 Å². The van der Waals surface area contributed by atoms with E-state index in [1.165, 1.54) is 5.56 Å². The van der Waals surface area contributed by atoms with E-state index in [1.54, 1.807) is 18.2 Å². The molecule has 1 aliphatic rings. The quantitative estimate of drug-likeness (QED) is 0.832. The lowest BCUT2D eigenvalue weighted by atomic mass is 9.96. The zero-order valence-electron chi connectivity index (χ0n) is 13.9. The molecule has 126 valence electrons. The predicted molar refractivity (Wildman–Crippen MR) is 97.6 cm³/mol. The molecule has 0 aromatic heterocycles. The van der Waals surface area contributed by atoms with Gasteiger partial charge in [0, 0.05) is 24.3 Å². The molecular formula is C20H25N3O. The first kappa shape index (κ1) is 16.5. The number of rotatable bonds is 5. The van der Waals surface area contributed by atoms with Crippen LogP contribution >= 0.6 is 0 Å². The van der Waals surface area contributed by atoms with Crippen LogP contribution in [0.5, 0.6) is 0 Å². The van der Waals surface area contributed by atoms with Crippen LogP contribution in [0.2, 0.25) is 0 Å². The van der Waals surface area contributed by atoms with Crippen molar-refractivity contribution in [2.45, 2.75) is 19.4 Å². The highest BCUT2D eigenvalue weighted by Crippen LogP contribution is 2.18. The van der Waals surface area contributed by atoms with Crippen molar-refractivity contribution in [2.24, 2.45) is 5.92 Å². The van der Waals surface area contributed by atoms with E-state index in [9.17, 15) is 4.79 Å². The third-order valence-corrected chi connectivity index (χ3v) is 4.66. The number of likely N-dealkylation sites (tertiary alicyclic amines) is 1. The van der Waals surface area contributed by atoms with Gasteiger partial charge in [-0.15, -0.1) is 0 Å².